The highest BCUT2D eigenvalue weighted by atomic mass is 16.4. The van der Waals surface area contributed by atoms with Gasteiger partial charge in [-0.15, -0.1) is 0 Å². The molecule has 0 spiro atoms. The lowest BCUT2D eigenvalue weighted by molar-refractivity contribution is -0.134. The Kier molecular flexibility index (Phi) is 4.34. The highest BCUT2D eigenvalue weighted by molar-refractivity contribution is 5.89. The van der Waals surface area contributed by atoms with E-state index in [4.69, 9.17) is 10.2 Å². The number of aliphatic carboxylic acids is 2. The highest BCUT2D eigenvalue weighted by Gasteiger charge is 2.30. The standard InChI is InChI=1S/C7H12.C4H4O4/c1-2-7-4-3-6(1)5-7;5-3(6)1-2-4(7)8/h6-7H,1-5H2;1-2H,(H,5,6)(H,7,8)/b;2-1+. The smallest absolute Gasteiger partial charge is 0.328 e. The zero-order chi connectivity index (χ0) is 11.3. The van der Waals surface area contributed by atoms with Gasteiger partial charge in [-0.25, -0.2) is 9.59 Å². The normalized spacial score (nSPS) is 27.5. The number of carbonyl (C=O) groups is 2. The lowest BCUT2D eigenvalue weighted by atomic mass is 10.0. The molecule has 0 atom stereocenters. The van der Waals surface area contributed by atoms with Gasteiger partial charge in [0.2, 0.25) is 0 Å². The van der Waals surface area contributed by atoms with Gasteiger partial charge in [0, 0.05) is 12.2 Å². The van der Waals surface area contributed by atoms with E-state index in [2.05, 4.69) is 0 Å². The summed E-state index contributed by atoms with van der Waals surface area (Å²) in [5.41, 5.74) is 0. The number of fused-ring (bicyclic) bond motifs is 2. The molecule has 4 heteroatoms. The summed E-state index contributed by atoms with van der Waals surface area (Å²) in [5, 5.41) is 15.6. The number of rotatable bonds is 2. The summed E-state index contributed by atoms with van der Waals surface area (Å²) in [6.45, 7) is 0. The molecule has 2 saturated carbocycles. The van der Waals surface area contributed by atoms with Crippen LogP contribution in [-0.2, 0) is 9.59 Å². The zero-order valence-corrected chi connectivity index (χ0v) is 8.56. The van der Waals surface area contributed by atoms with Crippen molar-refractivity contribution in [3.8, 4) is 0 Å². The molecule has 0 radical (unpaired) electrons. The van der Waals surface area contributed by atoms with Crippen LogP contribution in [-0.4, -0.2) is 22.2 Å². The molecule has 0 saturated heterocycles. The highest BCUT2D eigenvalue weighted by Crippen LogP contribution is 2.43. The predicted molar refractivity (Wildman–Crippen MR) is 54.5 cm³/mol. The minimum Gasteiger partial charge on any atom is -0.478 e. The Bertz CT molecular complexity index is 236. The third kappa shape index (κ3) is 4.63. The first-order valence-electron chi connectivity index (χ1n) is 5.22. The van der Waals surface area contributed by atoms with Crippen molar-refractivity contribution in [2.24, 2.45) is 11.8 Å². The van der Waals surface area contributed by atoms with E-state index in [1.807, 2.05) is 0 Å². The molecule has 2 aliphatic carbocycles. The quantitative estimate of drug-likeness (QED) is 0.685. The molecule has 15 heavy (non-hydrogen) atoms. The first-order chi connectivity index (χ1) is 7.08. The van der Waals surface area contributed by atoms with Crippen LogP contribution in [0, 0.1) is 11.8 Å². The van der Waals surface area contributed by atoms with Crippen LogP contribution < -0.4 is 0 Å². The van der Waals surface area contributed by atoms with Crippen LogP contribution in [0.5, 0.6) is 0 Å². The molecule has 0 amide bonds. The van der Waals surface area contributed by atoms with E-state index in [9.17, 15) is 9.59 Å². The molecule has 0 aromatic carbocycles. The van der Waals surface area contributed by atoms with Gasteiger partial charge in [0.15, 0.2) is 0 Å². The van der Waals surface area contributed by atoms with Gasteiger partial charge < -0.3 is 10.2 Å². The van der Waals surface area contributed by atoms with E-state index in [0.29, 0.717) is 12.2 Å². The van der Waals surface area contributed by atoms with E-state index >= 15 is 0 Å². The Balaban J connectivity index is 0.000000150. The molecule has 2 bridgehead atoms. The van der Waals surface area contributed by atoms with Gasteiger partial charge in [-0.2, -0.15) is 0 Å². The summed E-state index contributed by atoms with van der Waals surface area (Å²) < 4.78 is 0. The van der Waals surface area contributed by atoms with Crippen molar-refractivity contribution in [3.63, 3.8) is 0 Å². The fourth-order valence-corrected chi connectivity index (χ4v) is 2.32. The van der Waals surface area contributed by atoms with E-state index in [0.717, 1.165) is 0 Å². The molecule has 0 heterocycles. The monoisotopic (exact) mass is 212 g/mol. The molecule has 2 fully saturated rings. The van der Waals surface area contributed by atoms with Crippen LogP contribution in [0.4, 0.5) is 0 Å². The summed E-state index contributed by atoms with van der Waals surface area (Å²) in [6.07, 6.45) is 8.94. The second kappa shape index (κ2) is 5.53. The van der Waals surface area contributed by atoms with Crippen molar-refractivity contribution in [3.05, 3.63) is 12.2 Å². The van der Waals surface area contributed by atoms with Crippen molar-refractivity contribution in [2.75, 3.05) is 0 Å². The lowest BCUT2D eigenvalue weighted by Crippen LogP contribution is -1.91. The van der Waals surface area contributed by atoms with Gasteiger partial charge in [-0.05, 0) is 18.3 Å². The zero-order valence-electron chi connectivity index (χ0n) is 8.56. The van der Waals surface area contributed by atoms with Crippen LogP contribution in [0.15, 0.2) is 12.2 Å². The Morgan fingerprint density at radius 2 is 1.20 bits per heavy atom. The van der Waals surface area contributed by atoms with Gasteiger partial charge in [0.25, 0.3) is 0 Å². The summed E-state index contributed by atoms with van der Waals surface area (Å²) in [7, 11) is 0. The Morgan fingerprint density at radius 1 is 0.867 bits per heavy atom. The minimum absolute atomic E-state index is 0.558. The van der Waals surface area contributed by atoms with Crippen molar-refractivity contribution in [2.45, 2.75) is 32.1 Å². The largest absolute Gasteiger partial charge is 0.478 e. The van der Waals surface area contributed by atoms with Crippen LogP contribution in [0.2, 0.25) is 0 Å². The molecule has 0 unspecified atom stereocenters. The molecule has 0 aliphatic heterocycles. The van der Waals surface area contributed by atoms with Crippen LogP contribution in [0.1, 0.15) is 32.1 Å². The molecular weight excluding hydrogens is 196 g/mol. The van der Waals surface area contributed by atoms with Crippen LogP contribution in [0.3, 0.4) is 0 Å². The van der Waals surface area contributed by atoms with Gasteiger partial charge in [-0.1, -0.05) is 25.7 Å². The van der Waals surface area contributed by atoms with Crippen molar-refractivity contribution in [1.82, 2.24) is 0 Å². The molecular formula is C11H16O4. The maximum Gasteiger partial charge on any atom is 0.328 e. The van der Waals surface area contributed by atoms with E-state index in [1.165, 1.54) is 11.8 Å². The Hall–Kier alpha value is -1.32. The first kappa shape index (κ1) is 11.8. The van der Waals surface area contributed by atoms with Gasteiger partial charge in [0.05, 0.1) is 0 Å². The van der Waals surface area contributed by atoms with E-state index < -0.39 is 11.9 Å². The molecule has 2 rings (SSSR count). The second-order valence-corrected chi connectivity index (χ2v) is 4.13. The number of hydrogen-bond donors (Lipinski definition) is 2. The molecule has 2 N–H and O–H groups in total. The Labute approximate surface area is 88.6 Å². The SMILES string of the molecule is C1CC2CCC1C2.O=C(O)/C=C/C(=O)O. The number of carboxylic acids is 2. The number of hydrogen-bond acceptors (Lipinski definition) is 2. The van der Waals surface area contributed by atoms with Crippen molar-refractivity contribution in [1.29, 1.82) is 0 Å². The molecule has 0 aromatic rings. The fraction of sp³-hybridized carbons (Fsp3) is 0.636. The third-order valence-electron chi connectivity index (χ3n) is 3.00. The number of carboxylic acid groups (broad SMARTS) is 2. The third-order valence-corrected chi connectivity index (χ3v) is 3.00. The first-order valence-corrected chi connectivity index (χ1v) is 5.22. The van der Waals surface area contributed by atoms with Crippen molar-refractivity contribution >= 4 is 11.9 Å². The van der Waals surface area contributed by atoms with Crippen molar-refractivity contribution < 1.29 is 19.8 Å². The minimum atomic E-state index is -1.26. The van der Waals surface area contributed by atoms with Crippen LogP contribution in [0.25, 0.3) is 0 Å². The van der Waals surface area contributed by atoms with Gasteiger partial charge in [-0.3, -0.25) is 0 Å². The molecule has 84 valence electrons. The second-order valence-electron chi connectivity index (χ2n) is 4.13. The average molecular weight is 212 g/mol. The summed E-state index contributed by atoms with van der Waals surface area (Å²) >= 11 is 0. The lowest BCUT2D eigenvalue weighted by Gasteiger charge is -2.05. The maximum absolute atomic E-state index is 9.55. The summed E-state index contributed by atoms with van der Waals surface area (Å²) in [6, 6.07) is 0. The molecule has 4 nitrogen and oxygen atoms in total. The Morgan fingerprint density at radius 3 is 1.33 bits per heavy atom. The fourth-order valence-electron chi connectivity index (χ4n) is 2.32. The predicted octanol–water partition coefficient (Wildman–Crippen LogP) is 1.91. The summed E-state index contributed by atoms with van der Waals surface area (Å²) in [5.74, 6) is -0.171. The van der Waals surface area contributed by atoms with Gasteiger partial charge >= 0.3 is 11.9 Å². The van der Waals surface area contributed by atoms with E-state index in [-0.39, 0.29) is 0 Å². The molecule has 0 aromatic heterocycles. The maximum atomic E-state index is 9.55. The average Bonchev–Trinajstić information content (AvgIpc) is 2.79. The topological polar surface area (TPSA) is 74.6 Å². The van der Waals surface area contributed by atoms with E-state index in [1.54, 1.807) is 32.1 Å². The van der Waals surface area contributed by atoms with Crippen LogP contribution >= 0.6 is 0 Å². The molecule has 2 aliphatic rings. The summed E-state index contributed by atoms with van der Waals surface area (Å²) in [4.78, 5) is 19.1. The van der Waals surface area contributed by atoms with Gasteiger partial charge in [0.1, 0.15) is 0 Å².